The Morgan fingerprint density at radius 2 is 1.95 bits per heavy atom. The highest BCUT2D eigenvalue weighted by Crippen LogP contribution is 2.14. The first-order chi connectivity index (χ1) is 9.40. The van der Waals surface area contributed by atoms with E-state index in [0.717, 1.165) is 19.3 Å². The first-order valence-corrected chi connectivity index (χ1v) is 7.42. The van der Waals surface area contributed by atoms with Crippen molar-refractivity contribution in [2.24, 2.45) is 5.73 Å². The van der Waals surface area contributed by atoms with Crippen molar-refractivity contribution in [1.82, 2.24) is 10.2 Å². The maximum absolute atomic E-state index is 12.1. The molecule has 1 heterocycles. The molecule has 6 heteroatoms. The normalized spacial score (nSPS) is 19.3. The van der Waals surface area contributed by atoms with Gasteiger partial charge in [-0.05, 0) is 33.1 Å². The summed E-state index contributed by atoms with van der Waals surface area (Å²) in [7, 11) is 0. The van der Waals surface area contributed by atoms with Crippen LogP contribution in [0.5, 0.6) is 0 Å². The van der Waals surface area contributed by atoms with Gasteiger partial charge in [-0.2, -0.15) is 0 Å². The van der Waals surface area contributed by atoms with Gasteiger partial charge in [0.2, 0.25) is 5.91 Å². The standard InChI is InChI=1S/C14H27N3O3/c1-4-8-14(3,15)12(18)16-11-6-9-17(10-7-11)13(19)20-5-2/h11H,4-10,15H2,1-3H3,(H,16,18). The Morgan fingerprint density at radius 3 is 2.45 bits per heavy atom. The lowest BCUT2D eigenvalue weighted by molar-refractivity contribution is -0.127. The number of amides is 2. The SMILES string of the molecule is CCCC(C)(N)C(=O)NC1CCN(C(=O)OCC)CC1. The number of carbonyl (C=O) groups is 2. The third-order valence-corrected chi connectivity index (χ3v) is 3.64. The summed E-state index contributed by atoms with van der Waals surface area (Å²) in [5, 5.41) is 2.99. The van der Waals surface area contributed by atoms with Gasteiger partial charge < -0.3 is 20.7 Å². The number of ether oxygens (including phenoxy) is 1. The number of carbonyl (C=O) groups excluding carboxylic acids is 2. The molecule has 6 nitrogen and oxygen atoms in total. The van der Waals surface area contributed by atoms with Gasteiger partial charge in [0.15, 0.2) is 0 Å². The Balaban J connectivity index is 2.39. The molecule has 1 unspecified atom stereocenters. The molecule has 1 aliphatic heterocycles. The van der Waals surface area contributed by atoms with Gasteiger partial charge in [-0.3, -0.25) is 4.79 Å². The van der Waals surface area contributed by atoms with Gasteiger partial charge in [-0.25, -0.2) is 4.79 Å². The Morgan fingerprint density at radius 1 is 1.35 bits per heavy atom. The van der Waals surface area contributed by atoms with Crippen molar-refractivity contribution < 1.29 is 14.3 Å². The lowest BCUT2D eigenvalue weighted by Crippen LogP contribution is -2.56. The van der Waals surface area contributed by atoms with Gasteiger partial charge in [0, 0.05) is 19.1 Å². The highest BCUT2D eigenvalue weighted by molar-refractivity contribution is 5.85. The largest absolute Gasteiger partial charge is 0.450 e. The van der Waals surface area contributed by atoms with E-state index in [1.165, 1.54) is 0 Å². The molecule has 0 aromatic heterocycles. The molecule has 0 spiro atoms. The number of rotatable bonds is 5. The van der Waals surface area contributed by atoms with Gasteiger partial charge in [-0.1, -0.05) is 13.3 Å². The van der Waals surface area contributed by atoms with E-state index in [1.807, 2.05) is 6.92 Å². The number of hydrogen-bond donors (Lipinski definition) is 2. The molecular formula is C14H27N3O3. The molecule has 1 rings (SSSR count). The summed E-state index contributed by atoms with van der Waals surface area (Å²) in [6.07, 6.45) is 2.76. The Bertz CT molecular complexity index is 337. The van der Waals surface area contributed by atoms with Crippen LogP contribution >= 0.6 is 0 Å². The molecule has 0 bridgehead atoms. The Hall–Kier alpha value is -1.30. The van der Waals surface area contributed by atoms with Gasteiger partial charge >= 0.3 is 6.09 Å². The third kappa shape index (κ3) is 4.67. The van der Waals surface area contributed by atoms with Crippen LogP contribution in [0.4, 0.5) is 4.79 Å². The van der Waals surface area contributed by atoms with Crippen molar-refractivity contribution >= 4 is 12.0 Å². The second-order valence-electron chi connectivity index (χ2n) is 5.60. The molecule has 1 aliphatic rings. The molecule has 1 saturated heterocycles. The molecule has 1 fully saturated rings. The quantitative estimate of drug-likeness (QED) is 0.796. The highest BCUT2D eigenvalue weighted by Gasteiger charge is 2.31. The van der Waals surface area contributed by atoms with E-state index in [9.17, 15) is 9.59 Å². The zero-order chi connectivity index (χ0) is 15.2. The minimum atomic E-state index is -0.812. The van der Waals surface area contributed by atoms with Crippen LogP contribution in [0.2, 0.25) is 0 Å². The number of likely N-dealkylation sites (tertiary alicyclic amines) is 1. The van der Waals surface area contributed by atoms with E-state index in [4.69, 9.17) is 10.5 Å². The maximum atomic E-state index is 12.1. The van der Waals surface area contributed by atoms with E-state index in [-0.39, 0.29) is 18.0 Å². The second-order valence-corrected chi connectivity index (χ2v) is 5.60. The van der Waals surface area contributed by atoms with Crippen molar-refractivity contribution in [3.63, 3.8) is 0 Å². The van der Waals surface area contributed by atoms with Crippen LogP contribution in [-0.4, -0.2) is 48.2 Å². The molecule has 0 saturated carbocycles. The van der Waals surface area contributed by atoms with Crippen molar-refractivity contribution in [2.75, 3.05) is 19.7 Å². The molecule has 2 amide bonds. The first-order valence-electron chi connectivity index (χ1n) is 7.42. The summed E-state index contributed by atoms with van der Waals surface area (Å²) < 4.78 is 4.96. The van der Waals surface area contributed by atoms with Crippen molar-refractivity contribution in [1.29, 1.82) is 0 Å². The molecule has 116 valence electrons. The zero-order valence-corrected chi connectivity index (χ0v) is 12.8. The predicted octanol–water partition coefficient (Wildman–Crippen LogP) is 1.24. The zero-order valence-electron chi connectivity index (χ0n) is 12.8. The summed E-state index contributed by atoms with van der Waals surface area (Å²) in [5.74, 6) is -0.103. The molecule has 20 heavy (non-hydrogen) atoms. The summed E-state index contributed by atoms with van der Waals surface area (Å²) in [5.41, 5.74) is 5.19. The van der Waals surface area contributed by atoms with E-state index in [2.05, 4.69) is 5.32 Å². The summed E-state index contributed by atoms with van der Waals surface area (Å²) in [4.78, 5) is 25.3. The van der Waals surface area contributed by atoms with Crippen LogP contribution in [0.15, 0.2) is 0 Å². The topological polar surface area (TPSA) is 84.7 Å². The van der Waals surface area contributed by atoms with Crippen LogP contribution in [0, 0.1) is 0 Å². The lowest BCUT2D eigenvalue weighted by Gasteiger charge is -2.33. The van der Waals surface area contributed by atoms with Crippen LogP contribution in [-0.2, 0) is 9.53 Å². The van der Waals surface area contributed by atoms with E-state index in [1.54, 1.807) is 18.7 Å². The number of piperidine rings is 1. The van der Waals surface area contributed by atoms with Crippen LogP contribution in [0.3, 0.4) is 0 Å². The first kappa shape index (κ1) is 16.8. The summed E-state index contributed by atoms with van der Waals surface area (Å²) in [6.45, 7) is 7.17. The third-order valence-electron chi connectivity index (χ3n) is 3.64. The van der Waals surface area contributed by atoms with Crippen molar-refractivity contribution in [3.05, 3.63) is 0 Å². The average Bonchev–Trinajstić information content (AvgIpc) is 2.39. The van der Waals surface area contributed by atoms with Crippen LogP contribution in [0.1, 0.15) is 46.5 Å². The molecule has 3 N–H and O–H groups in total. The molecular weight excluding hydrogens is 258 g/mol. The number of nitrogens with one attached hydrogen (secondary N) is 1. The van der Waals surface area contributed by atoms with Gasteiger partial charge in [0.25, 0.3) is 0 Å². The monoisotopic (exact) mass is 285 g/mol. The fraction of sp³-hybridized carbons (Fsp3) is 0.857. The molecule has 0 aromatic carbocycles. The van der Waals surface area contributed by atoms with Gasteiger partial charge in [0.1, 0.15) is 0 Å². The van der Waals surface area contributed by atoms with Gasteiger partial charge in [-0.15, -0.1) is 0 Å². The number of nitrogens with two attached hydrogens (primary N) is 1. The van der Waals surface area contributed by atoms with E-state index < -0.39 is 5.54 Å². The highest BCUT2D eigenvalue weighted by atomic mass is 16.6. The fourth-order valence-electron chi connectivity index (χ4n) is 2.40. The predicted molar refractivity (Wildman–Crippen MR) is 77.3 cm³/mol. The average molecular weight is 285 g/mol. The fourth-order valence-corrected chi connectivity index (χ4v) is 2.40. The molecule has 0 aromatic rings. The Kier molecular flexibility index (Phi) is 6.26. The Labute approximate surface area is 121 Å². The minimum absolute atomic E-state index is 0.0907. The van der Waals surface area contributed by atoms with Crippen LogP contribution in [0.25, 0.3) is 0 Å². The van der Waals surface area contributed by atoms with E-state index >= 15 is 0 Å². The molecule has 0 radical (unpaired) electrons. The van der Waals surface area contributed by atoms with Crippen LogP contribution < -0.4 is 11.1 Å². The summed E-state index contributed by atoms with van der Waals surface area (Å²) in [6, 6.07) is 0.0907. The maximum Gasteiger partial charge on any atom is 0.409 e. The molecule has 1 atom stereocenters. The minimum Gasteiger partial charge on any atom is -0.450 e. The molecule has 0 aliphatic carbocycles. The van der Waals surface area contributed by atoms with Crippen molar-refractivity contribution in [3.8, 4) is 0 Å². The van der Waals surface area contributed by atoms with Crippen molar-refractivity contribution in [2.45, 2.75) is 58.0 Å². The summed E-state index contributed by atoms with van der Waals surface area (Å²) >= 11 is 0. The number of hydrogen-bond acceptors (Lipinski definition) is 4. The number of nitrogens with zero attached hydrogens (tertiary/aromatic N) is 1. The van der Waals surface area contributed by atoms with E-state index in [0.29, 0.717) is 26.1 Å². The second kappa shape index (κ2) is 7.47. The lowest BCUT2D eigenvalue weighted by atomic mass is 9.95. The smallest absolute Gasteiger partial charge is 0.409 e. The van der Waals surface area contributed by atoms with Gasteiger partial charge in [0.05, 0.1) is 12.1 Å².